The average Bonchev–Trinajstić information content (AvgIpc) is 2.80. The van der Waals surface area contributed by atoms with Crippen molar-refractivity contribution in [2.24, 2.45) is 0 Å². The first-order valence-corrected chi connectivity index (χ1v) is 16.1. The van der Waals surface area contributed by atoms with Crippen molar-refractivity contribution in [2.75, 3.05) is 10.6 Å². The molecule has 0 radical (unpaired) electrons. The summed E-state index contributed by atoms with van der Waals surface area (Å²) in [6.07, 6.45) is 0. The van der Waals surface area contributed by atoms with Crippen molar-refractivity contribution in [2.45, 2.75) is 19.6 Å². The van der Waals surface area contributed by atoms with Crippen molar-refractivity contribution in [1.82, 2.24) is 0 Å². The number of urea groups is 1. The van der Waals surface area contributed by atoms with E-state index in [1.807, 2.05) is 0 Å². The number of hydrogen-bond donors (Lipinski definition) is 6. The van der Waals surface area contributed by atoms with E-state index in [2.05, 4.69) is 10.6 Å². The molecule has 15 nitrogen and oxygen atoms in total. The zero-order valence-electron chi connectivity index (χ0n) is 20.4. The van der Waals surface area contributed by atoms with E-state index in [0.29, 0.717) is 12.1 Å². The number of fused-ring (bicyclic) bond motifs is 2. The fourth-order valence-electron chi connectivity index (χ4n) is 3.77. The van der Waals surface area contributed by atoms with Crippen molar-refractivity contribution in [1.29, 1.82) is 0 Å². The van der Waals surface area contributed by atoms with Gasteiger partial charge in [-0.1, -0.05) is 12.1 Å². The van der Waals surface area contributed by atoms with Gasteiger partial charge in [-0.3, -0.25) is 18.2 Å². The number of amides is 2. The molecule has 0 aliphatic heterocycles. The first kappa shape index (κ1) is 32.8. The third-order valence-corrected chi connectivity index (χ3v) is 8.90. The smallest absolute Gasteiger partial charge is 0.308 e. The average molecular weight is 656 g/mol. The van der Waals surface area contributed by atoms with Crippen LogP contribution in [0, 0.1) is 0 Å². The monoisotopic (exact) mass is 655 g/mol. The Labute approximate surface area is 254 Å². The quantitative estimate of drug-likeness (QED) is 0.115. The molecule has 4 rings (SSSR count). The Balaban J connectivity index is 0.00000462. The number of carbonyl (C=O) groups is 1. The molecule has 0 fully saturated rings. The van der Waals surface area contributed by atoms with E-state index in [-0.39, 0.29) is 62.5 Å². The number of benzene rings is 4. The number of nitrogens with one attached hydrogen (secondary N) is 2. The molecule has 0 bridgehead atoms. The van der Waals surface area contributed by atoms with Gasteiger partial charge in [0.1, 0.15) is 9.79 Å². The van der Waals surface area contributed by atoms with Gasteiger partial charge in [0, 0.05) is 22.1 Å². The molecule has 0 atom stereocenters. The van der Waals surface area contributed by atoms with Gasteiger partial charge in [0.05, 0.1) is 9.79 Å². The predicted octanol–water partition coefficient (Wildman–Crippen LogP) is -0.372. The van der Waals surface area contributed by atoms with Crippen LogP contribution in [0.15, 0.2) is 80.2 Å². The zero-order chi connectivity index (χ0) is 29.8. The first-order valence-electron chi connectivity index (χ1n) is 10.4. The van der Waals surface area contributed by atoms with Gasteiger partial charge in [0.15, 0.2) is 0 Å². The molecule has 6 N–H and O–H groups in total. The number of hydrogen-bond acceptors (Lipinski definition) is 9. The van der Waals surface area contributed by atoms with Crippen LogP contribution in [-0.2, 0) is 40.5 Å². The van der Waals surface area contributed by atoms with Crippen LogP contribution in [0.2, 0.25) is 0 Å². The van der Waals surface area contributed by atoms with Gasteiger partial charge in [-0.25, -0.2) is 4.79 Å². The molecule has 0 aromatic heterocycles. The fourth-order valence-corrected chi connectivity index (χ4v) is 6.46. The van der Waals surface area contributed by atoms with Crippen LogP contribution in [0.25, 0.3) is 21.5 Å². The number of anilines is 2. The van der Waals surface area contributed by atoms with Gasteiger partial charge in [0.25, 0.3) is 40.5 Å². The number of rotatable bonds is 6. The Morgan fingerprint density at radius 1 is 0.512 bits per heavy atom. The van der Waals surface area contributed by atoms with Gasteiger partial charge in [-0.15, -0.1) is 0 Å². The molecular formula is C21H16N2NaO13S4+. The Morgan fingerprint density at radius 2 is 0.854 bits per heavy atom. The van der Waals surface area contributed by atoms with Gasteiger partial charge in [0.2, 0.25) is 0 Å². The summed E-state index contributed by atoms with van der Waals surface area (Å²) in [6.45, 7) is 0. The molecule has 0 saturated carbocycles. The molecule has 4 aromatic carbocycles. The largest absolute Gasteiger partial charge is 1.00 e. The van der Waals surface area contributed by atoms with Crippen LogP contribution in [-0.4, -0.2) is 57.9 Å². The van der Waals surface area contributed by atoms with E-state index in [0.717, 1.165) is 24.3 Å². The number of carbonyl (C=O) groups excluding carboxylic acids is 1. The third kappa shape index (κ3) is 7.40. The summed E-state index contributed by atoms with van der Waals surface area (Å²) in [5, 5.41) is 4.26. The second-order valence-electron chi connectivity index (χ2n) is 8.19. The normalized spacial score (nSPS) is 12.6. The van der Waals surface area contributed by atoms with E-state index >= 15 is 0 Å². The van der Waals surface area contributed by atoms with Gasteiger partial charge in [-0.2, -0.15) is 33.7 Å². The summed E-state index contributed by atoms with van der Waals surface area (Å²) < 4.78 is 131. The summed E-state index contributed by atoms with van der Waals surface area (Å²) in [6, 6.07) is 9.11. The summed E-state index contributed by atoms with van der Waals surface area (Å²) >= 11 is 0. The van der Waals surface area contributed by atoms with Gasteiger partial charge >= 0.3 is 35.6 Å². The molecule has 4 aromatic rings. The summed E-state index contributed by atoms with van der Waals surface area (Å²) in [7, 11) is -19.6. The Morgan fingerprint density at radius 3 is 1.15 bits per heavy atom. The maximum atomic E-state index is 12.6. The molecule has 20 heteroatoms. The van der Waals surface area contributed by atoms with Crippen LogP contribution in [0.5, 0.6) is 0 Å². The molecule has 0 saturated heterocycles. The maximum absolute atomic E-state index is 12.6. The van der Waals surface area contributed by atoms with E-state index in [4.69, 9.17) is 0 Å². The topological polar surface area (TPSA) is 259 Å². The molecule has 212 valence electrons. The molecular weight excluding hydrogens is 639 g/mol. The summed E-state index contributed by atoms with van der Waals surface area (Å²) in [4.78, 5) is 9.29. The molecule has 0 unspecified atom stereocenters. The second-order valence-corrected chi connectivity index (χ2v) is 13.8. The molecule has 0 aliphatic carbocycles. The fraction of sp³-hybridized carbons (Fsp3) is 0. The Hall–Kier alpha value is -2.69. The Bertz CT molecular complexity index is 2030. The minimum Gasteiger partial charge on any atom is -0.308 e. The van der Waals surface area contributed by atoms with E-state index < -0.39 is 66.1 Å². The summed E-state index contributed by atoms with van der Waals surface area (Å²) in [5.74, 6) is 0. The van der Waals surface area contributed by atoms with Gasteiger partial charge in [-0.05, 0) is 59.3 Å². The third-order valence-electron chi connectivity index (χ3n) is 5.45. The van der Waals surface area contributed by atoms with E-state index in [1.165, 1.54) is 24.3 Å². The molecule has 0 aliphatic rings. The van der Waals surface area contributed by atoms with E-state index in [9.17, 15) is 56.7 Å². The van der Waals surface area contributed by atoms with Crippen LogP contribution < -0.4 is 40.2 Å². The second kappa shape index (κ2) is 11.2. The minimum atomic E-state index is -4.98. The maximum Gasteiger partial charge on any atom is 1.00 e. The molecule has 2 amide bonds. The summed E-state index contributed by atoms with van der Waals surface area (Å²) in [5.41, 5.74) is -0.0709. The zero-order valence-corrected chi connectivity index (χ0v) is 25.6. The van der Waals surface area contributed by atoms with Crippen molar-refractivity contribution < 1.29 is 86.2 Å². The van der Waals surface area contributed by atoms with Crippen LogP contribution in [0.3, 0.4) is 0 Å². The minimum absolute atomic E-state index is 0. The van der Waals surface area contributed by atoms with E-state index in [1.54, 1.807) is 0 Å². The van der Waals surface area contributed by atoms with Gasteiger partial charge < -0.3 is 10.6 Å². The predicted molar refractivity (Wildman–Crippen MR) is 140 cm³/mol. The Kier molecular flexibility index (Phi) is 8.96. The van der Waals surface area contributed by atoms with Crippen molar-refractivity contribution in [3.63, 3.8) is 0 Å². The molecule has 0 spiro atoms. The first-order chi connectivity index (χ1) is 18.2. The van der Waals surface area contributed by atoms with Crippen molar-refractivity contribution in [3.8, 4) is 0 Å². The van der Waals surface area contributed by atoms with Crippen LogP contribution in [0.4, 0.5) is 16.2 Å². The van der Waals surface area contributed by atoms with Crippen LogP contribution in [0.1, 0.15) is 0 Å². The molecule has 0 heterocycles. The van der Waals surface area contributed by atoms with Crippen molar-refractivity contribution >= 4 is 79.4 Å². The molecule has 41 heavy (non-hydrogen) atoms. The van der Waals surface area contributed by atoms with Crippen molar-refractivity contribution in [3.05, 3.63) is 60.7 Å². The van der Waals surface area contributed by atoms with Crippen LogP contribution >= 0.6 is 0 Å². The SMILES string of the molecule is O=C(Nc1ccc2cc(S(=O)(=O)O)cc(S(=O)(=O)O)c2c1)Nc1ccc2cc(S(=O)(=O)O)cc(S(=O)(=O)O)c2c1.[Na+]. The standard InChI is InChI=1S/C21H16N2O13S4.Na/c24-21(22-13-3-1-11-5-15(37(25,26)27)9-19(17(11)7-13)39(31,32)33)23-14-4-2-12-6-16(38(28,29)30)10-20(18(12)8-14)40(34,35)36;/h1-10H,(H2,22,23,24)(H,25,26,27)(H,28,29,30)(H,31,32,33)(H,34,35,36);/q;+1.